The number of methoxy groups -OCH3 is 1. The monoisotopic (exact) mass is 785 g/mol. The molecule has 3 saturated heterocycles. The number of fused-ring (bicyclic) bond motifs is 1. The van der Waals surface area contributed by atoms with Crippen LogP contribution in [0.5, 0.6) is 5.88 Å². The Balaban J connectivity index is 1.13. The minimum absolute atomic E-state index is 0.0485. The summed E-state index contributed by atoms with van der Waals surface area (Å²) in [6.07, 6.45) is 5.11. The number of pyridine rings is 1. The van der Waals surface area contributed by atoms with Crippen LogP contribution in [0.4, 0.5) is 24.8 Å². The van der Waals surface area contributed by atoms with Gasteiger partial charge in [0.15, 0.2) is 6.29 Å². The fourth-order valence-corrected chi connectivity index (χ4v) is 7.77. The first kappa shape index (κ1) is 38.6. The van der Waals surface area contributed by atoms with Crippen molar-refractivity contribution < 1.29 is 45.4 Å². The Hall–Kier alpha value is -4.62. The van der Waals surface area contributed by atoms with Gasteiger partial charge in [-0.2, -0.15) is 0 Å². The first-order chi connectivity index (χ1) is 26.5. The lowest BCUT2D eigenvalue weighted by Gasteiger charge is -2.33. The maximum atomic E-state index is 15.5. The van der Waals surface area contributed by atoms with E-state index in [4.69, 9.17) is 29.0 Å². The van der Waals surface area contributed by atoms with E-state index in [0.29, 0.717) is 98.9 Å². The number of likely N-dealkylation sites (tertiary alicyclic amines) is 1. The number of carbonyl (C=O) groups is 1. The van der Waals surface area contributed by atoms with Gasteiger partial charge in [-0.15, -0.1) is 0 Å². The summed E-state index contributed by atoms with van der Waals surface area (Å²) in [5.74, 6) is -2.91. The van der Waals surface area contributed by atoms with E-state index in [1.807, 2.05) is 4.90 Å². The molecule has 0 aliphatic carbocycles. The van der Waals surface area contributed by atoms with Crippen LogP contribution in [0.15, 0.2) is 36.5 Å². The lowest BCUT2D eigenvalue weighted by atomic mass is 9.87. The molecular weight excluding hydrogens is 744 g/mol. The Morgan fingerprint density at radius 1 is 0.964 bits per heavy atom. The van der Waals surface area contributed by atoms with Gasteiger partial charge in [0.1, 0.15) is 23.1 Å². The van der Waals surface area contributed by atoms with Gasteiger partial charge in [-0.05, 0) is 80.6 Å². The molecule has 2 N–H and O–H groups in total. The lowest BCUT2D eigenvalue weighted by molar-refractivity contribution is -0.186. The summed E-state index contributed by atoms with van der Waals surface area (Å²) in [5, 5.41) is 0.393. The van der Waals surface area contributed by atoms with Gasteiger partial charge >= 0.3 is 0 Å². The van der Waals surface area contributed by atoms with Crippen molar-refractivity contribution in [1.82, 2.24) is 25.3 Å². The zero-order chi connectivity index (χ0) is 38.7. The molecular formula is C37H42F3N7O7S. The third-order valence-corrected chi connectivity index (χ3v) is 10.5. The molecule has 0 bridgehead atoms. The number of sulfonamides is 1. The van der Waals surface area contributed by atoms with E-state index >= 15 is 13.2 Å². The van der Waals surface area contributed by atoms with Gasteiger partial charge in [0.05, 0.1) is 37.8 Å². The molecule has 3 aliphatic rings. The molecule has 3 fully saturated rings. The maximum absolute atomic E-state index is 15.5. The molecule has 1 unspecified atom stereocenters. The quantitative estimate of drug-likeness (QED) is 0.199. The van der Waals surface area contributed by atoms with Gasteiger partial charge in [0, 0.05) is 60.9 Å². The Bertz CT molecular complexity index is 2140. The lowest BCUT2D eigenvalue weighted by Crippen LogP contribution is -2.37. The number of amides is 1. The third-order valence-electron chi connectivity index (χ3n) is 9.89. The number of hydrogen-bond acceptors (Lipinski definition) is 12. The molecule has 1 atom stereocenters. The van der Waals surface area contributed by atoms with E-state index in [0.717, 1.165) is 31.2 Å². The van der Waals surface area contributed by atoms with Crippen molar-refractivity contribution in [2.24, 2.45) is 0 Å². The van der Waals surface area contributed by atoms with Crippen LogP contribution < -0.4 is 19.8 Å². The molecule has 294 valence electrons. The second kappa shape index (κ2) is 16.6. The average molecular weight is 786 g/mol. The van der Waals surface area contributed by atoms with E-state index in [2.05, 4.69) is 20.1 Å². The fraction of sp³-hybridized carbons (Fsp3) is 0.459. The molecule has 0 spiro atoms. The largest absolute Gasteiger partial charge is 0.480 e. The van der Waals surface area contributed by atoms with Crippen molar-refractivity contribution in [3.63, 3.8) is 0 Å². The average Bonchev–Trinajstić information content (AvgIpc) is 3.17. The molecule has 2 aromatic heterocycles. The predicted octanol–water partition coefficient (Wildman–Crippen LogP) is 4.89. The Morgan fingerprint density at radius 3 is 2.38 bits per heavy atom. The standard InChI is InChI=1S/C37H42F3N7O7S/c1-51-36-30(45-55(2,49)50)18-24(20-41-36)33-27-19-26(38)15-25(34(27)43-37(42-33)47-10-13-52-14-11-47)21-46-8-6-22(7-9-46)32-28(39)16-23(17-29(32)40)35(48)44-54-31-5-3-4-12-53-31/h15-20,22,31,45H,3-14,21H2,1-2H3,(H,44,48). The van der Waals surface area contributed by atoms with Gasteiger partial charge < -0.3 is 19.1 Å². The van der Waals surface area contributed by atoms with Gasteiger partial charge in [0.2, 0.25) is 21.9 Å². The van der Waals surface area contributed by atoms with Crippen LogP contribution in [0, 0.1) is 17.5 Å². The van der Waals surface area contributed by atoms with E-state index in [-0.39, 0.29) is 29.2 Å². The number of hydroxylamine groups is 1. The topological polar surface area (TPSA) is 157 Å². The molecule has 3 aliphatic heterocycles. The summed E-state index contributed by atoms with van der Waals surface area (Å²) < 4.78 is 89.3. The third kappa shape index (κ3) is 9.10. The number of benzene rings is 2. The van der Waals surface area contributed by atoms with Crippen molar-refractivity contribution in [2.75, 3.05) is 69.0 Å². The molecule has 1 amide bonds. The number of morpholine rings is 1. The molecule has 0 radical (unpaired) electrons. The zero-order valence-corrected chi connectivity index (χ0v) is 31.3. The van der Waals surface area contributed by atoms with Crippen LogP contribution in [0.25, 0.3) is 22.2 Å². The van der Waals surface area contributed by atoms with E-state index in [1.54, 1.807) is 0 Å². The van der Waals surface area contributed by atoms with Crippen molar-refractivity contribution in [1.29, 1.82) is 0 Å². The highest BCUT2D eigenvalue weighted by Gasteiger charge is 2.29. The summed E-state index contributed by atoms with van der Waals surface area (Å²) in [5.41, 5.74) is 3.88. The summed E-state index contributed by atoms with van der Waals surface area (Å²) >= 11 is 0. The minimum Gasteiger partial charge on any atom is -0.480 e. The van der Waals surface area contributed by atoms with Crippen molar-refractivity contribution in [2.45, 2.75) is 50.9 Å². The highest BCUT2D eigenvalue weighted by atomic mass is 32.2. The van der Waals surface area contributed by atoms with Gasteiger partial charge in [-0.1, -0.05) is 0 Å². The molecule has 0 saturated carbocycles. The summed E-state index contributed by atoms with van der Waals surface area (Å²) in [7, 11) is -2.33. The van der Waals surface area contributed by atoms with Crippen molar-refractivity contribution >= 4 is 38.5 Å². The number of piperidine rings is 1. The summed E-state index contributed by atoms with van der Waals surface area (Å²) in [6, 6.07) is 6.33. The highest BCUT2D eigenvalue weighted by molar-refractivity contribution is 7.92. The molecule has 5 heterocycles. The van der Waals surface area contributed by atoms with Crippen molar-refractivity contribution in [3.05, 3.63) is 70.7 Å². The smallest absolute Gasteiger partial charge is 0.275 e. The Morgan fingerprint density at radius 2 is 1.71 bits per heavy atom. The van der Waals surface area contributed by atoms with Crippen molar-refractivity contribution in [3.8, 4) is 17.1 Å². The van der Waals surface area contributed by atoms with Crippen LogP contribution in [0.3, 0.4) is 0 Å². The van der Waals surface area contributed by atoms with Crippen LogP contribution in [0.1, 0.15) is 59.5 Å². The first-order valence-corrected chi connectivity index (χ1v) is 20.0. The molecule has 2 aromatic carbocycles. The molecule has 55 heavy (non-hydrogen) atoms. The van der Waals surface area contributed by atoms with E-state index in [1.165, 1.54) is 31.5 Å². The number of nitrogens with zero attached hydrogens (tertiary/aromatic N) is 5. The summed E-state index contributed by atoms with van der Waals surface area (Å²) in [6.45, 7) is 3.70. The fourth-order valence-electron chi connectivity index (χ4n) is 7.22. The number of rotatable bonds is 11. The SMILES string of the molecule is COc1ncc(-c2nc(N3CCOCC3)nc3c(CN4CCC(c5c(F)cc(C(=O)NOC6CCCCO6)cc5F)CC4)cc(F)cc23)cc1NS(C)(=O)=O. The molecule has 14 nitrogen and oxygen atoms in total. The summed E-state index contributed by atoms with van der Waals surface area (Å²) in [4.78, 5) is 36.0. The highest BCUT2D eigenvalue weighted by Crippen LogP contribution is 2.37. The van der Waals surface area contributed by atoms with Crippen LogP contribution in [-0.2, 0) is 30.9 Å². The Labute approximate surface area is 316 Å². The molecule has 18 heteroatoms. The normalized spacial score (nSPS) is 18.7. The zero-order valence-electron chi connectivity index (χ0n) is 30.4. The number of aromatic nitrogens is 3. The van der Waals surface area contributed by atoms with Crippen LogP contribution >= 0.6 is 0 Å². The van der Waals surface area contributed by atoms with E-state index in [9.17, 15) is 13.2 Å². The van der Waals surface area contributed by atoms with Crippen LogP contribution in [-0.4, -0.2) is 99.8 Å². The van der Waals surface area contributed by atoms with Crippen LogP contribution in [0.2, 0.25) is 0 Å². The molecule has 7 rings (SSSR count). The number of nitrogens with one attached hydrogen (secondary N) is 2. The predicted molar refractivity (Wildman–Crippen MR) is 197 cm³/mol. The minimum atomic E-state index is -3.70. The molecule has 4 aromatic rings. The number of anilines is 2. The first-order valence-electron chi connectivity index (χ1n) is 18.1. The van der Waals surface area contributed by atoms with E-state index < -0.39 is 45.6 Å². The number of ether oxygens (including phenoxy) is 3. The number of halogens is 3. The van der Waals surface area contributed by atoms with Gasteiger partial charge in [-0.25, -0.2) is 46.9 Å². The van der Waals surface area contributed by atoms with Gasteiger partial charge in [-0.3, -0.25) is 14.4 Å². The maximum Gasteiger partial charge on any atom is 0.275 e. The number of hydrogen-bond donors (Lipinski definition) is 2. The second-order valence-corrected chi connectivity index (χ2v) is 15.6. The van der Waals surface area contributed by atoms with Gasteiger partial charge in [0.25, 0.3) is 5.91 Å². The second-order valence-electron chi connectivity index (χ2n) is 13.8. The Kier molecular flexibility index (Phi) is 11.7. The number of carbonyl (C=O) groups excluding carboxylic acids is 1.